The number of fused-ring (bicyclic) bond motifs is 1. The van der Waals surface area contributed by atoms with Crippen molar-refractivity contribution < 1.29 is 27.8 Å². The number of anilines is 3. The first-order chi connectivity index (χ1) is 18.2. The van der Waals surface area contributed by atoms with Gasteiger partial charge in [-0.15, -0.1) is 0 Å². The number of rotatable bonds is 8. The van der Waals surface area contributed by atoms with Gasteiger partial charge in [0.1, 0.15) is 29.0 Å². The summed E-state index contributed by atoms with van der Waals surface area (Å²) >= 11 is 0. The van der Waals surface area contributed by atoms with E-state index in [1.165, 1.54) is 6.20 Å². The van der Waals surface area contributed by atoms with Gasteiger partial charge in [-0.2, -0.15) is 13.2 Å². The normalized spacial score (nSPS) is 12.4. The molecule has 0 saturated carbocycles. The average molecular weight is 547 g/mol. The summed E-state index contributed by atoms with van der Waals surface area (Å²) in [6.07, 6.45) is -1.11. The number of aliphatic hydroxyl groups excluding tert-OH is 1. The number of allylic oxidation sites excluding steroid dienone is 1. The molecule has 0 radical (unpaired) electrons. The number of benzene rings is 1. The fourth-order valence-corrected chi connectivity index (χ4v) is 3.20. The number of carbonyl (C=O) groups is 1. The van der Waals surface area contributed by atoms with E-state index in [1.807, 2.05) is 0 Å². The lowest BCUT2D eigenvalue weighted by molar-refractivity contribution is -0.136. The summed E-state index contributed by atoms with van der Waals surface area (Å²) in [6.45, 7) is 6.01. The molecule has 4 N–H and O–H groups in total. The molecule has 0 aliphatic rings. The second kappa shape index (κ2) is 11.6. The largest absolute Gasteiger partial charge is 0.512 e. The fourth-order valence-electron chi connectivity index (χ4n) is 3.20. The van der Waals surface area contributed by atoms with E-state index in [-0.39, 0.29) is 34.1 Å². The van der Waals surface area contributed by atoms with Crippen LogP contribution in [0, 0.1) is 10.8 Å². The third-order valence-electron chi connectivity index (χ3n) is 5.47. The fraction of sp³-hybridized carbons (Fsp3) is 0.360. The number of aliphatic hydroxyl groups is 1. The van der Waals surface area contributed by atoms with Crippen molar-refractivity contribution in [3.63, 3.8) is 0 Å². The molecule has 3 aromatic rings. The van der Waals surface area contributed by atoms with E-state index in [1.54, 1.807) is 39.8 Å². The Labute approximate surface area is 222 Å². The van der Waals surface area contributed by atoms with Crippen LogP contribution in [0.15, 0.2) is 42.6 Å². The highest BCUT2D eigenvalue weighted by Gasteiger charge is 2.34. The molecule has 1 amide bonds. The van der Waals surface area contributed by atoms with Gasteiger partial charge < -0.3 is 25.4 Å². The van der Waals surface area contributed by atoms with Gasteiger partial charge in [-0.3, -0.25) is 10.2 Å². The van der Waals surface area contributed by atoms with E-state index in [2.05, 4.69) is 30.6 Å². The van der Waals surface area contributed by atoms with E-state index in [0.29, 0.717) is 13.2 Å². The van der Waals surface area contributed by atoms with Crippen molar-refractivity contribution in [2.24, 2.45) is 5.41 Å². The summed E-state index contributed by atoms with van der Waals surface area (Å²) in [5.41, 5.74) is -1.87. The SMILES string of the molecule is COCCN(C)c1ncc2ncnc(Nc3cc(C(=O)NC(=N)/C=C(\O)C(C)(C)C)ccc3C(F)(F)F)c2n1. The maximum absolute atomic E-state index is 13.9. The van der Waals surface area contributed by atoms with Gasteiger partial charge in [0, 0.05) is 37.8 Å². The van der Waals surface area contributed by atoms with Crippen LogP contribution in [0.4, 0.5) is 30.6 Å². The van der Waals surface area contributed by atoms with Gasteiger partial charge >= 0.3 is 6.18 Å². The Kier molecular flexibility index (Phi) is 8.69. The molecule has 2 aromatic heterocycles. The molecule has 0 unspecified atom stereocenters. The van der Waals surface area contributed by atoms with E-state index in [9.17, 15) is 23.1 Å². The Morgan fingerprint density at radius 1 is 1.21 bits per heavy atom. The quantitative estimate of drug-likeness (QED) is 0.182. The van der Waals surface area contributed by atoms with Crippen LogP contribution < -0.4 is 15.5 Å². The number of aromatic nitrogens is 4. The van der Waals surface area contributed by atoms with E-state index in [4.69, 9.17) is 10.1 Å². The molecule has 0 aliphatic carbocycles. The Bertz CT molecular complexity index is 1400. The minimum Gasteiger partial charge on any atom is -0.512 e. The number of amidine groups is 1. The van der Waals surface area contributed by atoms with Crippen LogP contribution in [-0.2, 0) is 10.9 Å². The number of hydrogen-bond acceptors (Lipinski definition) is 10. The van der Waals surface area contributed by atoms with Gasteiger partial charge in [0.05, 0.1) is 24.1 Å². The number of hydrogen-bond donors (Lipinski definition) is 4. The summed E-state index contributed by atoms with van der Waals surface area (Å²) in [5, 5.41) is 22.9. The van der Waals surface area contributed by atoms with Crippen molar-refractivity contribution in [3.8, 4) is 0 Å². The Morgan fingerprint density at radius 2 is 1.92 bits per heavy atom. The van der Waals surface area contributed by atoms with Crippen molar-refractivity contribution in [3.05, 3.63) is 53.7 Å². The number of nitrogens with one attached hydrogen (secondary N) is 3. The Hall–Kier alpha value is -4.33. The molecule has 0 bridgehead atoms. The predicted octanol–water partition coefficient (Wildman–Crippen LogP) is 4.46. The summed E-state index contributed by atoms with van der Waals surface area (Å²) < 4.78 is 46.6. The molecular formula is C25H29F3N8O3. The minimum absolute atomic E-state index is 0.0300. The molecule has 0 saturated heterocycles. The number of carbonyl (C=O) groups excluding carboxylic acids is 1. The monoisotopic (exact) mass is 546 g/mol. The second-order valence-electron chi connectivity index (χ2n) is 9.57. The van der Waals surface area contributed by atoms with Gasteiger partial charge in [0.2, 0.25) is 5.95 Å². The first-order valence-corrected chi connectivity index (χ1v) is 11.7. The number of ether oxygens (including phenoxy) is 1. The van der Waals surface area contributed by atoms with Crippen molar-refractivity contribution in [2.45, 2.75) is 26.9 Å². The Morgan fingerprint density at radius 3 is 2.56 bits per heavy atom. The number of halogens is 3. The minimum atomic E-state index is -4.76. The topological polar surface area (TPSA) is 149 Å². The molecule has 1 aromatic carbocycles. The summed E-state index contributed by atoms with van der Waals surface area (Å²) in [4.78, 5) is 31.2. The van der Waals surface area contributed by atoms with Crippen molar-refractivity contribution in [1.29, 1.82) is 5.41 Å². The van der Waals surface area contributed by atoms with Crippen LogP contribution in [0.3, 0.4) is 0 Å². The maximum Gasteiger partial charge on any atom is 0.418 e. The van der Waals surface area contributed by atoms with Gasteiger partial charge in [0.25, 0.3) is 5.91 Å². The van der Waals surface area contributed by atoms with Crippen LogP contribution in [0.2, 0.25) is 0 Å². The summed E-state index contributed by atoms with van der Waals surface area (Å²) in [7, 11) is 3.28. The maximum atomic E-state index is 13.9. The number of likely N-dealkylation sites (N-methyl/N-ethyl adjacent to an activating group) is 1. The van der Waals surface area contributed by atoms with Crippen LogP contribution in [0.5, 0.6) is 0 Å². The van der Waals surface area contributed by atoms with Gasteiger partial charge in [-0.25, -0.2) is 19.9 Å². The number of amides is 1. The second-order valence-corrected chi connectivity index (χ2v) is 9.57. The zero-order chi connectivity index (χ0) is 29.0. The highest BCUT2D eigenvalue weighted by atomic mass is 19.4. The van der Waals surface area contributed by atoms with Crippen LogP contribution in [0.25, 0.3) is 11.0 Å². The third-order valence-corrected chi connectivity index (χ3v) is 5.47. The highest BCUT2D eigenvalue weighted by molar-refractivity contribution is 6.09. The summed E-state index contributed by atoms with van der Waals surface area (Å²) in [6, 6.07) is 2.75. The molecule has 0 aliphatic heterocycles. The predicted molar refractivity (Wildman–Crippen MR) is 140 cm³/mol. The van der Waals surface area contributed by atoms with E-state index >= 15 is 0 Å². The van der Waals surface area contributed by atoms with Gasteiger partial charge in [0.15, 0.2) is 5.82 Å². The summed E-state index contributed by atoms with van der Waals surface area (Å²) in [5.74, 6) is -1.16. The lowest BCUT2D eigenvalue weighted by Crippen LogP contribution is -2.29. The first-order valence-electron chi connectivity index (χ1n) is 11.7. The zero-order valence-corrected chi connectivity index (χ0v) is 22.0. The molecule has 3 rings (SSSR count). The van der Waals surface area contributed by atoms with Crippen molar-refractivity contribution in [1.82, 2.24) is 25.3 Å². The highest BCUT2D eigenvalue weighted by Crippen LogP contribution is 2.37. The standard InChI is InChI=1S/C25H29F3N8O3/c1-24(2,3)18(37)11-19(29)34-22(38)14-6-7-15(25(26,27)28)16(10-14)33-21-20-17(31-13-32-21)12-30-23(35-20)36(4)8-9-39-5/h6-7,10-13,37H,8-9H2,1-5H3,(H2,29,34,38)(H,31,32,33)/b18-11-. The number of nitrogens with zero attached hydrogens (tertiary/aromatic N) is 5. The molecule has 39 heavy (non-hydrogen) atoms. The van der Waals surface area contributed by atoms with Crippen molar-refractivity contribution in [2.75, 3.05) is 37.5 Å². The lowest BCUT2D eigenvalue weighted by Gasteiger charge is -2.18. The van der Waals surface area contributed by atoms with E-state index in [0.717, 1.165) is 30.6 Å². The molecule has 0 atom stereocenters. The zero-order valence-electron chi connectivity index (χ0n) is 22.0. The van der Waals surface area contributed by atoms with Gasteiger partial charge in [-0.05, 0) is 18.2 Å². The van der Waals surface area contributed by atoms with Crippen LogP contribution >= 0.6 is 0 Å². The molecular weight excluding hydrogens is 517 g/mol. The molecule has 0 fully saturated rings. The third kappa shape index (κ3) is 7.37. The van der Waals surface area contributed by atoms with Crippen molar-refractivity contribution >= 4 is 40.2 Å². The number of methoxy groups -OCH3 is 1. The molecule has 2 heterocycles. The van der Waals surface area contributed by atoms with E-state index < -0.39 is 34.6 Å². The Balaban J connectivity index is 1.98. The average Bonchev–Trinajstić information content (AvgIpc) is 2.85. The lowest BCUT2D eigenvalue weighted by atomic mass is 9.93. The smallest absolute Gasteiger partial charge is 0.418 e. The van der Waals surface area contributed by atoms with Crippen LogP contribution in [0.1, 0.15) is 36.7 Å². The number of alkyl halides is 3. The molecule has 208 valence electrons. The van der Waals surface area contributed by atoms with Gasteiger partial charge in [-0.1, -0.05) is 20.8 Å². The van der Waals surface area contributed by atoms with Crippen LogP contribution in [-0.4, -0.2) is 64.1 Å². The molecule has 0 spiro atoms. The molecule has 14 heteroatoms. The molecule has 11 nitrogen and oxygen atoms in total. The first kappa shape index (κ1) is 29.2.